The molecule has 1 fully saturated rings. The summed E-state index contributed by atoms with van der Waals surface area (Å²) in [5.41, 5.74) is 0. The SMILES string of the molecule is CC(C)O[C@H]1CCCC[C@H]1F. The monoisotopic (exact) mass is 160 g/mol. The third-order valence-electron chi connectivity index (χ3n) is 2.07. The molecule has 0 aromatic carbocycles. The van der Waals surface area contributed by atoms with Crippen molar-refractivity contribution in [2.75, 3.05) is 0 Å². The van der Waals surface area contributed by atoms with E-state index in [4.69, 9.17) is 4.74 Å². The number of rotatable bonds is 2. The largest absolute Gasteiger partial charge is 0.373 e. The highest BCUT2D eigenvalue weighted by molar-refractivity contribution is 4.75. The van der Waals surface area contributed by atoms with E-state index in [-0.39, 0.29) is 12.2 Å². The van der Waals surface area contributed by atoms with Gasteiger partial charge in [0, 0.05) is 0 Å². The van der Waals surface area contributed by atoms with Gasteiger partial charge in [0.2, 0.25) is 0 Å². The van der Waals surface area contributed by atoms with Crippen LogP contribution in [0.25, 0.3) is 0 Å². The molecule has 0 saturated heterocycles. The van der Waals surface area contributed by atoms with Crippen molar-refractivity contribution in [1.82, 2.24) is 0 Å². The van der Waals surface area contributed by atoms with Gasteiger partial charge >= 0.3 is 0 Å². The summed E-state index contributed by atoms with van der Waals surface area (Å²) in [7, 11) is 0. The number of halogens is 1. The Hall–Kier alpha value is -0.110. The van der Waals surface area contributed by atoms with Crippen molar-refractivity contribution in [3.63, 3.8) is 0 Å². The quantitative estimate of drug-likeness (QED) is 0.603. The highest BCUT2D eigenvalue weighted by Crippen LogP contribution is 2.24. The Morgan fingerprint density at radius 1 is 1.27 bits per heavy atom. The van der Waals surface area contributed by atoms with Gasteiger partial charge in [-0.05, 0) is 26.7 Å². The maximum atomic E-state index is 13.1. The van der Waals surface area contributed by atoms with E-state index < -0.39 is 6.17 Å². The molecule has 2 atom stereocenters. The van der Waals surface area contributed by atoms with Crippen molar-refractivity contribution in [3.05, 3.63) is 0 Å². The summed E-state index contributed by atoms with van der Waals surface area (Å²) >= 11 is 0. The van der Waals surface area contributed by atoms with E-state index in [9.17, 15) is 4.39 Å². The van der Waals surface area contributed by atoms with E-state index in [0.29, 0.717) is 6.42 Å². The van der Waals surface area contributed by atoms with Crippen LogP contribution in [0.3, 0.4) is 0 Å². The Morgan fingerprint density at radius 3 is 2.45 bits per heavy atom. The minimum Gasteiger partial charge on any atom is -0.373 e. The Bertz CT molecular complexity index is 114. The van der Waals surface area contributed by atoms with E-state index in [1.54, 1.807) is 0 Å². The van der Waals surface area contributed by atoms with Crippen LogP contribution in [0.4, 0.5) is 4.39 Å². The first-order valence-electron chi connectivity index (χ1n) is 4.49. The van der Waals surface area contributed by atoms with Crippen molar-refractivity contribution in [2.24, 2.45) is 0 Å². The van der Waals surface area contributed by atoms with E-state index in [1.807, 2.05) is 13.8 Å². The molecular weight excluding hydrogens is 143 g/mol. The summed E-state index contributed by atoms with van der Waals surface area (Å²) in [5, 5.41) is 0. The average Bonchev–Trinajstić information content (AvgIpc) is 1.93. The normalized spacial score (nSPS) is 32.7. The molecule has 0 amide bonds. The van der Waals surface area contributed by atoms with Crippen molar-refractivity contribution in [1.29, 1.82) is 0 Å². The van der Waals surface area contributed by atoms with E-state index in [2.05, 4.69) is 0 Å². The fourth-order valence-corrected chi connectivity index (χ4v) is 1.55. The molecule has 1 rings (SSSR count). The molecule has 0 radical (unpaired) electrons. The van der Waals surface area contributed by atoms with Crippen LogP contribution in [0.2, 0.25) is 0 Å². The third kappa shape index (κ3) is 2.78. The van der Waals surface area contributed by atoms with Crippen LogP contribution in [0.5, 0.6) is 0 Å². The molecule has 1 aliphatic rings. The first-order chi connectivity index (χ1) is 5.20. The van der Waals surface area contributed by atoms with Gasteiger partial charge in [0.1, 0.15) is 6.17 Å². The molecule has 0 heterocycles. The van der Waals surface area contributed by atoms with Crippen LogP contribution >= 0.6 is 0 Å². The first kappa shape index (κ1) is 8.98. The molecule has 0 spiro atoms. The third-order valence-corrected chi connectivity index (χ3v) is 2.07. The summed E-state index contributed by atoms with van der Waals surface area (Å²) < 4.78 is 18.5. The van der Waals surface area contributed by atoms with Gasteiger partial charge in [-0.2, -0.15) is 0 Å². The summed E-state index contributed by atoms with van der Waals surface area (Å²) in [5.74, 6) is 0. The molecule has 0 unspecified atom stereocenters. The van der Waals surface area contributed by atoms with Crippen LogP contribution in [0.1, 0.15) is 39.5 Å². The molecule has 1 aliphatic carbocycles. The van der Waals surface area contributed by atoms with Gasteiger partial charge in [-0.1, -0.05) is 12.8 Å². The maximum absolute atomic E-state index is 13.1. The summed E-state index contributed by atoms with van der Waals surface area (Å²) in [6.07, 6.45) is 3.07. The summed E-state index contributed by atoms with van der Waals surface area (Å²) in [4.78, 5) is 0. The lowest BCUT2D eigenvalue weighted by molar-refractivity contribution is -0.0548. The van der Waals surface area contributed by atoms with E-state index >= 15 is 0 Å². The van der Waals surface area contributed by atoms with Gasteiger partial charge in [0.05, 0.1) is 12.2 Å². The molecule has 2 heteroatoms. The Kier molecular flexibility index (Phi) is 3.31. The van der Waals surface area contributed by atoms with Crippen LogP contribution < -0.4 is 0 Å². The molecule has 0 bridgehead atoms. The van der Waals surface area contributed by atoms with E-state index in [1.165, 1.54) is 0 Å². The zero-order chi connectivity index (χ0) is 8.27. The molecule has 1 nitrogen and oxygen atoms in total. The lowest BCUT2D eigenvalue weighted by atomic mass is 9.96. The second-order valence-electron chi connectivity index (χ2n) is 3.52. The predicted molar refractivity (Wildman–Crippen MR) is 43.4 cm³/mol. The molecule has 0 aliphatic heterocycles. The lowest BCUT2D eigenvalue weighted by Crippen LogP contribution is -2.31. The lowest BCUT2D eigenvalue weighted by Gasteiger charge is -2.27. The number of hydrogen-bond acceptors (Lipinski definition) is 1. The van der Waals surface area contributed by atoms with Gasteiger partial charge in [-0.15, -0.1) is 0 Å². The van der Waals surface area contributed by atoms with Gasteiger partial charge < -0.3 is 4.74 Å². The average molecular weight is 160 g/mol. The molecule has 1 saturated carbocycles. The first-order valence-corrected chi connectivity index (χ1v) is 4.49. The molecule has 0 N–H and O–H groups in total. The fourth-order valence-electron chi connectivity index (χ4n) is 1.55. The van der Waals surface area contributed by atoms with Crippen LogP contribution in [0.15, 0.2) is 0 Å². The van der Waals surface area contributed by atoms with Crippen LogP contribution in [-0.4, -0.2) is 18.4 Å². The zero-order valence-corrected chi connectivity index (χ0v) is 7.35. The Morgan fingerprint density at radius 2 is 1.91 bits per heavy atom. The Balaban J connectivity index is 2.29. The molecule has 66 valence electrons. The van der Waals surface area contributed by atoms with E-state index in [0.717, 1.165) is 19.3 Å². The van der Waals surface area contributed by atoms with Crippen molar-refractivity contribution in [3.8, 4) is 0 Å². The van der Waals surface area contributed by atoms with Gasteiger partial charge in [-0.3, -0.25) is 0 Å². The minimum absolute atomic E-state index is 0.122. The topological polar surface area (TPSA) is 9.23 Å². The van der Waals surface area contributed by atoms with Crippen LogP contribution in [-0.2, 0) is 4.74 Å². The molecule has 0 aromatic heterocycles. The highest BCUT2D eigenvalue weighted by atomic mass is 19.1. The maximum Gasteiger partial charge on any atom is 0.126 e. The molecule has 11 heavy (non-hydrogen) atoms. The second-order valence-corrected chi connectivity index (χ2v) is 3.52. The smallest absolute Gasteiger partial charge is 0.126 e. The predicted octanol–water partition coefficient (Wildman–Crippen LogP) is 2.69. The standard InChI is InChI=1S/C9H17FO/c1-7(2)11-9-6-4-3-5-8(9)10/h7-9H,3-6H2,1-2H3/t8-,9+/m1/s1. The van der Waals surface area contributed by atoms with Crippen molar-refractivity contribution in [2.45, 2.75) is 57.9 Å². The van der Waals surface area contributed by atoms with Gasteiger partial charge in [0.15, 0.2) is 0 Å². The van der Waals surface area contributed by atoms with Gasteiger partial charge in [-0.25, -0.2) is 4.39 Å². The summed E-state index contributed by atoms with van der Waals surface area (Å²) in [6.45, 7) is 3.92. The molecule has 0 aromatic rings. The second kappa shape index (κ2) is 4.05. The summed E-state index contributed by atoms with van der Waals surface area (Å²) in [6, 6.07) is 0. The number of alkyl halides is 1. The van der Waals surface area contributed by atoms with Crippen LogP contribution in [0, 0.1) is 0 Å². The van der Waals surface area contributed by atoms with Gasteiger partial charge in [0.25, 0.3) is 0 Å². The highest BCUT2D eigenvalue weighted by Gasteiger charge is 2.25. The zero-order valence-electron chi connectivity index (χ0n) is 7.35. The minimum atomic E-state index is -0.717. The Labute approximate surface area is 67.9 Å². The number of ether oxygens (including phenoxy) is 1. The van der Waals surface area contributed by atoms with Crippen molar-refractivity contribution >= 4 is 0 Å². The fraction of sp³-hybridized carbons (Fsp3) is 1.00. The number of hydrogen-bond donors (Lipinski definition) is 0. The molecular formula is C9H17FO. The van der Waals surface area contributed by atoms with Crippen molar-refractivity contribution < 1.29 is 9.13 Å².